The Morgan fingerprint density at radius 1 is 0.917 bits per heavy atom. The van der Waals surface area contributed by atoms with Crippen molar-refractivity contribution in [3.8, 4) is 11.1 Å². The van der Waals surface area contributed by atoms with Crippen molar-refractivity contribution < 1.29 is 14.3 Å². The van der Waals surface area contributed by atoms with Gasteiger partial charge in [0.15, 0.2) is 0 Å². The van der Waals surface area contributed by atoms with Gasteiger partial charge >= 0.3 is 6.09 Å². The van der Waals surface area contributed by atoms with Crippen molar-refractivity contribution in [3.05, 3.63) is 112 Å². The highest BCUT2D eigenvalue weighted by atomic mass is 35.5. The summed E-state index contributed by atoms with van der Waals surface area (Å²) in [5.74, 6) is 0.00590. The summed E-state index contributed by atoms with van der Waals surface area (Å²) >= 11 is 6.42. The van der Waals surface area contributed by atoms with Crippen molar-refractivity contribution in [2.75, 3.05) is 45.8 Å². The standard InChI is InChI=1S/C38H45ClN6O3/c1-28-33(25-40-42-28)26-44-20-22-45(23-21-44)37(46)36(41-38(47)48-27-29-8-4-2-5-9-29)31-14-17-43(18-15-31)19-16-32-24-34(39)12-13-35(32)30-10-6-3-7-11-30/h2-13,24-25,31,36H,14-23,26-27H2,1H3,(H,40,42)(H,41,47)/t36-/m1/s1. The Kier molecular flexibility index (Phi) is 11.4. The summed E-state index contributed by atoms with van der Waals surface area (Å²) < 4.78 is 5.58. The molecule has 9 nitrogen and oxygen atoms in total. The van der Waals surface area contributed by atoms with Crippen LogP contribution in [-0.4, -0.2) is 88.8 Å². The van der Waals surface area contributed by atoms with Crippen molar-refractivity contribution in [2.24, 2.45) is 5.92 Å². The van der Waals surface area contributed by atoms with Gasteiger partial charge in [-0.2, -0.15) is 5.10 Å². The molecule has 48 heavy (non-hydrogen) atoms. The van der Waals surface area contributed by atoms with Crippen LogP contribution in [0.5, 0.6) is 0 Å². The second-order valence-corrected chi connectivity index (χ2v) is 13.3. The number of amides is 2. The molecule has 6 rings (SSSR count). The minimum atomic E-state index is -0.629. The van der Waals surface area contributed by atoms with Crippen LogP contribution in [0.2, 0.25) is 5.02 Å². The number of nitrogens with zero attached hydrogens (tertiary/aromatic N) is 4. The number of carbonyl (C=O) groups excluding carboxylic acids is 2. The number of H-pyrrole nitrogens is 1. The molecule has 3 heterocycles. The fraction of sp³-hybridized carbons (Fsp3) is 0.395. The number of aryl methyl sites for hydroxylation is 1. The van der Waals surface area contributed by atoms with E-state index in [1.54, 1.807) is 0 Å². The highest BCUT2D eigenvalue weighted by Crippen LogP contribution is 2.28. The lowest BCUT2D eigenvalue weighted by Gasteiger charge is -2.40. The molecule has 0 radical (unpaired) electrons. The monoisotopic (exact) mass is 668 g/mol. The Balaban J connectivity index is 1.07. The lowest BCUT2D eigenvalue weighted by molar-refractivity contribution is -0.137. The molecular weight excluding hydrogens is 624 g/mol. The predicted octanol–water partition coefficient (Wildman–Crippen LogP) is 5.93. The van der Waals surface area contributed by atoms with Crippen molar-refractivity contribution >= 4 is 23.6 Å². The maximum absolute atomic E-state index is 14.1. The Morgan fingerprint density at radius 2 is 1.62 bits per heavy atom. The van der Waals surface area contributed by atoms with Crippen molar-refractivity contribution in [3.63, 3.8) is 0 Å². The third-order valence-electron chi connectivity index (χ3n) is 9.72. The Bertz CT molecular complexity index is 1630. The average molecular weight is 669 g/mol. The molecule has 0 spiro atoms. The second-order valence-electron chi connectivity index (χ2n) is 12.9. The Labute approximate surface area is 288 Å². The molecule has 2 fully saturated rings. The van der Waals surface area contributed by atoms with E-state index in [9.17, 15) is 9.59 Å². The number of hydrogen-bond donors (Lipinski definition) is 2. The lowest BCUT2D eigenvalue weighted by Crippen LogP contribution is -2.58. The van der Waals surface area contributed by atoms with E-state index in [1.165, 1.54) is 22.3 Å². The van der Waals surface area contributed by atoms with E-state index in [0.717, 1.165) is 74.8 Å². The first-order chi connectivity index (χ1) is 23.4. The Hall–Kier alpha value is -4.18. The average Bonchev–Trinajstić information content (AvgIpc) is 3.53. The van der Waals surface area contributed by atoms with E-state index < -0.39 is 12.1 Å². The molecule has 10 heteroatoms. The minimum absolute atomic E-state index is 0.0179. The zero-order chi connectivity index (χ0) is 33.3. The molecule has 0 saturated carbocycles. The van der Waals surface area contributed by atoms with Gasteiger partial charge in [0.2, 0.25) is 5.91 Å². The summed E-state index contributed by atoms with van der Waals surface area (Å²) in [7, 11) is 0. The fourth-order valence-electron chi connectivity index (χ4n) is 6.84. The lowest BCUT2D eigenvalue weighted by atomic mass is 9.88. The predicted molar refractivity (Wildman–Crippen MR) is 188 cm³/mol. The van der Waals surface area contributed by atoms with Gasteiger partial charge in [0.25, 0.3) is 0 Å². The van der Waals surface area contributed by atoms with Crippen LogP contribution >= 0.6 is 11.6 Å². The highest BCUT2D eigenvalue weighted by Gasteiger charge is 2.36. The number of halogens is 1. The number of carbonyl (C=O) groups is 2. The molecule has 3 aromatic carbocycles. The van der Waals surface area contributed by atoms with Gasteiger partial charge in [-0.25, -0.2) is 4.79 Å². The van der Waals surface area contributed by atoms with Crippen LogP contribution in [0.15, 0.2) is 85.1 Å². The van der Waals surface area contributed by atoms with Crippen LogP contribution < -0.4 is 5.32 Å². The maximum Gasteiger partial charge on any atom is 0.408 e. The van der Waals surface area contributed by atoms with E-state index in [-0.39, 0.29) is 18.4 Å². The van der Waals surface area contributed by atoms with E-state index in [0.29, 0.717) is 13.1 Å². The van der Waals surface area contributed by atoms with Gasteiger partial charge in [0.05, 0.1) is 5.69 Å². The van der Waals surface area contributed by atoms with Gasteiger partial charge in [-0.1, -0.05) is 78.3 Å². The van der Waals surface area contributed by atoms with Gasteiger partial charge in [-0.15, -0.1) is 0 Å². The van der Waals surface area contributed by atoms with Gasteiger partial charge < -0.3 is 19.9 Å². The molecule has 2 aliphatic rings. The number of likely N-dealkylation sites (tertiary alicyclic amines) is 1. The van der Waals surface area contributed by atoms with E-state index in [4.69, 9.17) is 16.3 Å². The number of alkyl carbamates (subject to hydrolysis) is 1. The highest BCUT2D eigenvalue weighted by molar-refractivity contribution is 6.30. The summed E-state index contributed by atoms with van der Waals surface area (Å²) in [5.41, 5.74) is 6.71. The van der Waals surface area contributed by atoms with E-state index in [2.05, 4.69) is 61.7 Å². The summed E-state index contributed by atoms with van der Waals surface area (Å²) in [6.07, 6.45) is 3.90. The number of piperidine rings is 1. The fourth-order valence-corrected chi connectivity index (χ4v) is 7.03. The number of ether oxygens (including phenoxy) is 1. The normalized spacial score (nSPS) is 16.8. The van der Waals surface area contributed by atoms with Crippen molar-refractivity contribution in [1.29, 1.82) is 0 Å². The number of rotatable bonds is 11. The third kappa shape index (κ3) is 8.83. The first kappa shape index (κ1) is 33.7. The molecule has 0 aliphatic carbocycles. The quantitative estimate of drug-likeness (QED) is 0.206. The number of hydrogen-bond acceptors (Lipinski definition) is 6. The molecule has 252 valence electrons. The van der Waals surface area contributed by atoms with Crippen LogP contribution in [0.25, 0.3) is 11.1 Å². The largest absolute Gasteiger partial charge is 0.445 e. The molecule has 0 unspecified atom stereocenters. The smallest absolute Gasteiger partial charge is 0.408 e. The first-order valence-corrected chi connectivity index (χ1v) is 17.3. The summed E-state index contributed by atoms with van der Waals surface area (Å²) in [4.78, 5) is 33.9. The van der Waals surface area contributed by atoms with E-state index >= 15 is 0 Å². The van der Waals surface area contributed by atoms with Gasteiger partial charge in [0, 0.05) is 56.1 Å². The minimum Gasteiger partial charge on any atom is -0.445 e. The SMILES string of the molecule is Cc1n[nH]cc1CN1CCN(C(=O)[C@H](NC(=O)OCc2ccccc2)C2CCN(CCc3cc(Cl)ccc3-c3ccccc3)CC2)CC1. The second kappa shape index (κ2) is 16.3. The molecule has 4 aromatic rings. The van der Waals surface area contributed by atoms with Crippen LogP contribution in [0.4, 0.5) is 4.79 Å². The number of benzene rings is 3. The zero-order valence-electron chi connectivity index (χ0n) is 27.6. The number of aromatic amines is 1. The van der Waals surface area contributed by atoms with Gasteiger partial charge in [0.1, 0.15) is 12.6 Å². The molecule has 0 bridgehead atoms. The Morgan fingerprint density at radius 3 is 2.31 bits per heavy atom. The molecule has 1 atom stereocenters. The summed E-state index contributed by atoms with van der Waals surface area (Å²) in [5, 5.41) is 10.9. The first-order valence-electron chi connectivity index (χ1n) is 17.0. The van der Waals surface area contributed by atoms with Gasteiger partial charge in [-0.05, 0) is 79.6 Å². The van der Waals surface area contributed by atoms with Crippen LogP contribution in [0.1, 0.15) is 35.2 Å². The van der Waals surface area contributed by atoms with Gasteiger partial charge in [-0.3, -0.25) is 14.8 Å². The van der Waals surface area contributed by atoms with Crippen molar-refractivity contribution in [2.45, 2.75) is 45.4 Å². The van der Waals surface area contributed by atoms with Crippen LogP contribution in [0.3, 0.4) is 0 Å². The molecule has 2 aliphatic heterocycles. The van der Waals surface area contributed by atoms with Crippen molar-refractivity contribution in [1.82, 2.24) is 30.2 Å². The van der Waals surface area contributed by atoms with Crippen LogP contribution in [0, 0.1) is 12.8 Å². The van der Waals surface area contributed by atoms with E-state index in [1.807, 2.05) is 60.5 Å². The molecule has 2 saturated heterocycles. The maximum atomic E-state index is 14.1. The molecule has 2 N–H and O–H groups in total. The summed E-state index contributed by atoms with van der Waals surface area (Å²) in [6.45, 7) is 8.36. The topological polar surface area (TPSA) is 93.8 Å². The molecule has 2 amide bonds. The summed E-state index contributed by atoms with van der Waals surface area (Å²) in [6, 6.07) is 25.5. The zero-order valence-corrected chi connectivity index (χ0v) is 28.4. The number of aromatic nitrogens is 2. The molecule has 1 aromatic heterocycles. The number of piperazine rings is 1. The third-order valence-corrected chi connectivity index (χ3v) is 9.95. The van der Waals surface area contributed by atoms with Crippen LogP contribution in [-0.2, 0) is 29.1 Å². The molecular formula is C38H45ClN6O3. The number of nitrogens with one attached hydrogen (secondary N) is 2.